The van der Waals surface area contributed by atoms with Gasteiger partial charge in [0.2, 0.25) is 0 Å². The summed E-state index contributed by atoms with van der Waals surface area (Å²) in [5.74, 6) is 0. The van der Waals surface area contributed by atoms with Gasteiger partial charge in [-0.25, -0.2) is 0 Å². The lowest BCUT2D eigenvalue weighted by atomic mass is 10.0. The van der Waals surface area contributed by atoms with E-state index in [2.05, 4.69) is 50.0 Å². The molecule has 0 radical (unpaired) electrons. The molecule has 1 aromatic rings. The fourth-order valence-corrected chi connectivity index (χ4v) is 3.26. The summed E-state index contributed by atoms with van der Waals surface area (Å²) in [6, 6.07) is 5.07. The van der Waals surface area contributed by atoms with Crippen molar-refractivity contribution in [3.63, 3.8) is 0 Å². The molecule has 1 fully saturated rings. The van der Waals surface area contributed by atoms with Gasteiger partial charge in [0.15, 0.2) is 0 Å². The van der Waals surface area contributed by atoms with Crippen LogP contribution in [0.3, 0.4) is 0 Å². The molecule has 0 aliphatic carbocycles. The summed E-state index contributed by atoms with van der Waals surface area (Å²) < 4.78 is 5.57. The lowest BCUT2D eigenvalue weighted by molar-refractivity contribution is -0.0548. The second kappa shape index (κ2) is 6.35. The van der Waals surface area contributed by atoms with Crippen LogP contribution in [0.4, 0.5) is 0 Å². The molecule has 0 amide bonds. The van der Waals surface area contributed by atoms with Crippen molar-refractivity contribution in [1.29, 1.82) is 0 Å². The van der Waals surface area contributed by atoms with E-state index in [4.69, 9.17) is 4.74 Å². The van der Waals surface area contributed by atoms with E-state index in [0.29, 0.717) is 6.04 Å². The summed E-state index contributed by atoms with van der Waals surface area (Å²) in [7, 11) is 0. The van der Waals surface area contributed by atoms with E-state index in [-0.39, 0.29) is 5.54 Å². The Hall–Kier alpha value is -0.420. The molecule has 1 aromatic heterocycles. The van der Waals surface area contributed by atoms with Crippen LogP contribution >= 0.6 is 11.3 Å². The topological polar surface area (TPSA) is 24.5 Å². The van der Waals surface area contributed by atoms with Gasteiger partial charge in [0.1, 0.15) is 0 Å². The third kappa shape index (κ3) is 4.28. The van der Waals surface area contributed by atoms with E-state index < -0.39 is 0 Å². The van der Waals surface area contributed by atoms with Crippen molar-refractivity contribution in [2.75, 3.05) is 19.8 Å². The summed E-state index contributed by atoms with van der Waals surface area (Å²) in [6.45, 7) is 13.6. The molecule has 2 heterocycles. The number of nitrogens with zero attached hydrogens (tertiary/aromatic N) is 1. The van der Waals surface area contributed by atoms with Crippen LogP contribution in [-0.4, -0.2) is 36.2 Å². The second-order valence-electron chi connectivity index (χ2n) is 6.19. The number of ether oxygens (including phenoxy) is 1. The highest BCUT2D eigenvalue weighted by molar-refractivity contribution is 7.11. The standard InChI is InChI=1S/C15H26N2OS/c1-12(2)16-9-13-5-6-14(19-13)10-17-7-8-18-11-15(17,3)4/h5-6,12,16H,7-11H2,1-4H3. The Morgan fingerprint density at radius 3 is 2.79 bits per heavy atom. The Labute approximate surface area is 121 Å². The van der Waals surface area contributed by atoms with E-state index in [1.807, 2.05) is 11.3 Å². The maximum absolute atomic E-state index is 5.57. The molecule has 1 aliphatic rings. The highest BCUT2D eigenvalue weighted by Gasteiger charge is 2.30. The Morgan fingerprint density at radius 1 is 1.37 bits per heavy atom. The van der Waals surface area contributed by atoms with Gasteiger partial charge in [-0.1, -0.05) is 13.8 Å². The highest BCUT2D eigenvalue weighted by atomic mass is 32.1. The highest BCUT2D eigenvalue weighted by Crippen LogP contribution is 2.25. The second-order valence-corrected chi connectivity index (χ2v) is 7.44. The molecule has 3 nitrogen and oxygen atoms in total. The Kier molecular flexibility index (Phi) is 5.01. The SMILES string of the molecule is CC(C)NCc1ccc(CN2CCOCC2(C)C)s1. The van der Waals surface area contributed by atoms with E-state index >= 15 is 0 Å². The van der Waals surface area contributed by atoms with Crippen LogP contribution in [0.25, 0.3) is 0 Å². The molecule has 2 rings (SSSR count). The van der Waals surface area contributed by atoms with Crippen LogP contribution in [0.5, 0.6) is 0 Å². The number of morpholine rings is 1. The molecule has 0 atom stereocenters. The third-order valence-corrected chi connectivity index (χ3v) is 4.64. The first-order chi connectivity index (χ1) is 8.97. The zero-order valence-corrected chi connectivity index (χ0v) is 13.3. The molecular formula is C15H26N2OS. The fourth-order valence-electron chi connectivity index (χ4n) is 2.28. The van der Waals surface area contributed by atoms with E-state index in [1.54, 1.807) is 0 Å². The molecule has 0 spiro atoms. The largest absolute Gasteiger partial charge is 0.378 e. The minimum atomic E-state index is 0.151. The van der Waals surface area contributed by atoms with Crippen LogP contribution in [0.15, 0.2) is 12.1 Å². The first kappa shape index (κ1) is 15.0. The van der Waals surface area contributed by atoms with Crippen molar-refractivity contribution < 1.29 is 4.74 Å². The molecule has 4 heteroatoms. The fraction of sp³-hybridized carbons (Fsp3) is 0.733. The number of thiophene rings is 1. The Bertz CT molecular complexity index is 401. The molecule has 19 heavy (non-hydrogen) atoms. The average Bonchev–Trinajstić information content (AvgIpc) is 2.77. The summed E-state index contributed by atoms with van der Waals surface area (Å²) in [6.07, 6.45) is 0. The van der Waals surface area contributed by atoms with Gasteiger partial charge in [-0.2, -0.15) is 0 Å². The van der Waals surface area contributed by atoms with E-state index in [0.717, 1.165) is 32.8 Å². The number of hydrogen-bond donors (Lipinski definition) is 1. The van der Waals surface area contributed by atoms with Crippen LogP contribution in [0.1, 0.15) is 37.4 Å². The number of rotatable bonds is 5. The van der Waals surface area contributed by atoms with Gasteiger partial charge in [0, 0.05) is 41.0 Å². The summed E-state index contributed by atoms with van der Waals surface area (Å²) >= 11 is 1.92. The van der Waals surface area contributed by atoms with Gasteiger partial charge in [-0.15, -0.1) is 11.3 Å². The predicted octanol–water partition coefficient (Wildman–Crippen LogP) is 2.86. The van der Waals surface area contributed by atoms with Crippen LogP contribution < -0.4 is 5.32 Å². The third-order valence-electron chi connectivity index (χ3n) is 3.57. The minimum Gasteiger partial charge on any atom is -0.378 e. The van der Waals surface area contributed by atoms with Gasteiger partial charge in [-0.05, 0) is 26.0 Å². The average molecular weight is 282 g/mol. The van der Waals surface area contributed by atoms with Crippen molar-refractivity contribution >= 4 is 11.3 Å². The molecule has 0 aromatic carbocycles. The van der Waals surface area contributed by atoms with Gasteiger partial charge in [0.25, 0.3) is 0 Å². The van der Waals surface area contributed by atoms with Crippen LogP contribution in [0.2, 0.25) is 0 Å². The van der Waals surface area contributed by atoms with Crippen LogP contribution in [0, 0.1) is 0 Å². The Balaban J connectivity index is 1.92. The molecular weight excluding hydrogens is 256 g/mol. The number of nitrogens with one attached hydrogen (secondary N) is 1. The van der Waals surface area contributed by atoms with Gasteiger partial charge >= 0.3 is 0 Å². The summed E-state index contributed by atoms with van der Waals surface area (Å²) in [4.78, 5) is 5.41. The van der Waals surface area contributed by atoms with E-state index in [1.165, 1.54) is 9.75 Å². The van der Waals surface area contributed by atoms with Crippen molar-refractivity contribution in [1.82, 2.24) is 10.2 Å². The Morgan fingerprint density at radius 2 is 2.11 bits per heavy atom. The molecule has 1 N–H and O–H groups in total. The van der Waals surface area contributed by atoms with Gasteiger partial charge < -0.3 is 10.1 Å². The van der Waals surface area contributed by atoms with E-state index in [9.17, 15) is 0 Å². The zero-order chi connectivity index (χ0) is 13.9. The normalized spacial score (nSPS) is 20.1. The van der Waals surface area contributed by atoms with Crippen molar-refractivity contribution in [2.24, 2.45) is 0 Å². The first-order valence-corrected chi connectivity index (χ1v) is 7.93. The maximum atomic E-state index is 5.57. The maximum Gasteiger partial charge on any atom is 0.0645 e. The van der Waals surface area contributed by atoms with Crippen molar-refractivity contribution in [3.05, 3.63) is 21.9 Å². The summed E-state index contributed by atoms with van der Waals surface area (Å²) in [5.41, 5.74) is 0.151. The first-order valence-electron chi connectivity index (χ1n) is 7.11. The van der Waals surface area contributed by atoms with Gasteiger partial charge in [-0.3, -0.25) is 4.90 Å². The molecule has 0 unspecified atom stereocenters. The smallest absolute Gasteiger partial charge is 0.0645 e. The lowest BCUT2D eigenvalue weighted by Crippen LogP contribution is -2.52. The van der Waals surface area contributed by atoms with Gasteiger partial charge in [0.05, 0.1) is 13.2 Å². The van der Waals surface area contributed by atoms with Crippen molar-refractivity contribution in [2.45, 2.75) is 52.4 Å². The molecule has 108 valence electrons. The molecule has 1 saturated heterocycles. The monoisotopic (exact) mass is 282 g/mol. The molecule has 0 bridgehead atoms. The van der Waals surface area contributed by atoms with Crippen LogP contribution in [-0.2, 0) is 17.8 Å². The lowest BCUT2D eigenvalue weighted by Gasteiger charge is -2.41. The molecule has 1 aliphatic heterocycles. The quantitative estimate of drug-likeness (QED) is 0.899. The minimum absolute atomic E-state index is 0.151. The van der Waals surface area contributed by atoms with Crippen molar-refractivity contribution in [3.8, 4) is 0 Å². The molecule has 0 saturated carbocycles. The number of hydrogen-bond acceptors (Lipinski definition) is 4. The summed E-state index contributed by atoms with van der Waals surface area (Å²) in [5, 5.41) is 3.47. The zero-order valence-electron chi connectivity index (χ0n) is 12.5. The predicted molar refractivity (Wildman–Crippen MR) is 81.6 cm³/mol.